The molecule has 70 valence electrons. The largest absolute Gasteiger partial charge is 0.287 e. The Bertz CT molecular complexity index is 305. The summed E-state index contributed by atoms with van der Waals surface area (Å²) in [4.78, 5) is 4.44. The number of hydrogen-bond donors (Lipinski definition) is 0. The van der Waals surface area contributed by atoms with Gasteiger partial charge in [0, 0.05) is 6.21 Å². The first-order valence-corrected chi connectivity index (χ1v) is 4.59. The lowest BCUT2D eigenvalue weighted by Gasteiger charge is -2.10. The van der Waals surface area contributed by atoms with Crippen molar-refractivity contribution in [2.45, 2.75) is 33.2 Å². The summed E-state index contributed by atoms with van der Waals surface area (Å²) in [5.74, 6) is 0. The fourth-order valence-corrected chi connectivity index (χ4v) is 1.02. The summed E-state index contributed by atoms with van der Waals surface area (Å²) in [6.07, 6.45) is 1.94. The lowest BCUT2D eigenvalue weighted by Crippen LogP contribution is -2.09. The summed E-state index contributed by atoms with van der Waals surface area (Å²) in [6, 6.07) is 8.35. The Hall–Kier alpha value is -1.11. The first kappa shape index (κ1) is 9.97. The SMILES string of the molecule is Cc1cccc(/C=N/C(C)(C)C)c1. The van der Waals surface area contributed by atoms with E-state index >= 15 is 0 Å². The van der Waals surface area contributed by atoms with Gasteiger partial charge in [-0.1, -0.05) is 29.8 Å². The summed E-state index contributed by atoms with van der Waals surface area (Å²) in [7, 11) is 0. The van der Waals surface area contributed by atoms with Gasteiger partial charge >= 0.3 is 0 Å². The molecule has 13 heavy (non-hydrogen) atoms. The molecule has 1 nitrogen and oxygen atoms in total. The van der Waals surface area contributed by atoms with E-state index in [1.54, 1.807) is 0 Å². The zero-order valence-corrected chi connectivity index (χ0v) is 8.83. The van der Waals surface area contributed by atoms with E-state index in [0.29, 0.717) is 0 Å². The normalized spacial score (nSPS) is 12.3. The number of rotatable bonds is 1. The van der Waals surface area contributed by atoms with Gasteiger partial charge in [0.05, 0.1) is 5.54 Å². The van der Waals surface area contributed by atoms with Gasteiger partial charge in [0.1, 0.15) is 0 Å². The maximum Gasteiger partial charge on any atom is 0.0524 e. The standard InChI is InChI=1S/C12H17N/c1-10-6-5-7-11(8-10)9-13-12(2,3)4/h5-9H,1-4H3/b13-9+. The minimum atomic E-state index is 0.0176. The van der Waals surface area contributed by atoms with E-state index in [2.05, 4.69) is 57.0 Å². The van der Waals surface area contributed by atoms with Crippen LogP contribution in [0.1, 0.15) is 31.9 Å². The molecule has 1 aromatic rings. The molecule has 0 aliphatic carbocycles. The molecule has 0 saturated carbocycles. The van der Waals surface area contributed by atoms with E-state index in [0.717, 1.165) is 0 Å². The third-order valence-electron chi connectivity index (χ3n) is 1.64. The van der Waals surface area contributed by atoms with Crippen molar-refractivity contribution in [2.75, 3.05) is 0 Å². The van der Waals surface area contributed by atoms with E-state index in [4.69, 9.17) is 0 Å². The molecule has 0 amide bonds. The monoisotopic (exact) mass is 175 g/mol. The highest BCUT2D eigenvalue weighted by Crippen LogP contribution is 2.07. The molecule has 0 atom stereocenters. The lowest BCUT2D eigenvalue weighted by atomic mass is 10.1. The summed E-state index contributed by atoms with van der Waals surface area (Å²) in [6.45, 7) is 8.38. The predicted octanol–water partition coefficient (Wildman–Crippen LogP) is 3.21. The second-order valence-corrected chi connectivity index (χ2v) is 4.34. The number of aliphatic imine (C=N–C) groups is 1. The van der Waals surface area contributed by atoms with E-state index in [9.17, 15) is 0 Å². The topological polar surface area (TPSA) is 12.4 Å². The maximum absolute atomic E-state index is 4.44. The lowest BCUT2D eigenvalue weighted by molar-refractivity contribution is 0.586. The zero-order valence-electron chi connectivity index (χ0n) is 8.83. The average molecular weight is 175 g/mol. The molecule has 0 aliphatic rings. The van der Waals surface area contributed by atoms with Gasteiger partial charge in [-0.3, -0.25) is 4.99 Å². The maximum atomic E-state index is 4.44. The second-order valence-electron chi connectivity index (χ2n) is 4.34. The Morgan fingerprint density at radius 1 is 1.23 bits per heavy atom. The molecule has 0 aliphatic heterocycles. The molecule has 0 saturated heterocycles. The van der Waals surface area contributed by atoms with Crippen LogP contribution in [0, 0.1) is 6.92 Å². The van der Waals surface area contributed by atoms with Gasteiger partial charge in [-0.15, -0.1) is 0 Å². The Labute approximate surface area is 80.5 Å². The molecule has 0 radical (unpaired) electrons. The Kier molecular flexibility index (Phi) is 2.86. The summed E-state index contributed by atoms with van der Waals surface area (Å²) in [5, 5.41) is 0. The average Bonchev–Trinajstić information content (AvgIpc) is 2.00. The molecule has 0 heterocycles. The van der Waals surface area contributed by atoms with Crippen LogP contribution in [0.4, 0.5) is 0 Å². The number of nitrogens with zero attached hydrogens (tertiary/aromatic N) is 1. The van der Waals surface area contributed by atoms with E-state index in [-0.39, 0.29) is 5.54 Å². The molecule has 1 aromatic carbocycles. The van der Waals surface area contributed by atoms with E-state index < -0.39 is 0 Å². The highest BCUT2D eigenvalue weighted by atomic mass is 14.8. The van der Waals surface area contributed by atoms with Crippen molar-refractivity contribution in [3.63, 3.8) is 0 Å². The third-order valence-corrected chi connectivity index (χ3v) is 1.64. The van der Waals surface area contributed by atoms with Crippen LogP contribution in [-0.4, -0.2) is 11.8 Å². The fourth-order valence-electron chi connectivity index (χ4n) is 1.02. The Morgan fingerprint density at radius 3 is 2.46 bits per heavy atom. The molecule has 1 heteroatoms. The van der Waals surface area contributed by atoms with Crippen molar-refractivity contribution < 1.29 is 0 Å². The minimum Gasteiger partial charge on any atom is -0.287 e. The van der Waals surface area contributed by atoms with Gasteiger partial charge in [-0.2, -0.15) is 0 Å². The summed E-state index contributed by atoms with van der Waals surface area (Å²) >= 11 is 0. The second kappa shape index (κ2) is 3.73. The van der Waals surface area contributed by atoms with Crippen LogP contribution < -0.4 is 0 Å². The summed E-state index contributed by atoms with van der Waals surface area (Å²) < 4.78 is 0. The molecule has 0 unspecified atom stereocenters. The molecule has 0 bridgehead atoms. The van der Waals surface area contributed by atoms with E-state index in [1.165, 1.54) is 11.1 Å². The van der Waals surface area contributed by atoms with Crippen molar-refractivity contribution in [3.05, 3.63) is 35.4 Å². The van der Waals surface area contributed by atoms with Gasteiger partial charge in [-0.05, 0) is 33.3 Å². The minimum absolute atomic E-state index is 0.0176. The number of aryl methyl sites for hydroxylation is 1. The van der Waals surface area contributed by atoms with Crippen LogP contribution in [0.15, 0.2) is 29.3 Å². The molecule has 0 spiro atoms. The van der Waals surface area contributed by atoms with Gasteiger partial charge in [0.25, 0.3) is 0 Å². The van der Waals surface area contributed by atoms with Gasteiger partial charge in [0.15, 0.2) is 0 Å². The van der Waals surface area contributed by atoms with Crippen LogP contribution in [0.3, 0.4) is 0 Å². The van der Waals surface area contributed by atoms with E-state index in [1.807, 2.05) is 6.21 Å². The first-order chi connectivity index (χ1) is 5.97. The Morgan fingerprint density at radius 2 is 1.92 bits per heavy atom. The highest BCUT2D eigenvalue weighted by Gasteiger charge is 2.04. The van der Waals surface area contributed by atoms with Crippen LogP contribution in [0.5, 0.6) is 0 Å². The summed E-state index contributed by atoms with van der Waals surface area (Å²) in [5.41, 5.74) is 2.47. The molecule has 0 fully saturated rings. The highest BCUT2D eigenvalue weighted by molar-refractivity contribution is 5.80. The van der Waals surface area contributed by atoms with Crippen molar-refractivity contribution >= 4 is 6.21 Å². The van der Waals surface area contributed by atoms with Crippen molar-refractivity contribution in [1.29, 1.82) is 0 Å². The molecule has 0 aromatic heterocycles. The molecule has 0 N–H and O–H groups in total. The van der Waals surface area contributed by atoms with Gasteiger partial charge < -0.3 is 0 Å². The van der Waals surface area contributed by atoms with Crippen molar-refractivity contribution in [3.8, 4) is 0 Å². The smallest absolute Gasteiger partial charge is 0.0524 e. The van der Waals surface area contributed by atoms with Crippen molar-refractivity contribution in [2.24, 2.45) is 4.99 Å². The predicted molar refractivity (Wildman–Crippen MR) is 58.5 cm³/mol. The van der Waals surface area contributed by atoms with Gasteiger partial charge in [0.2, 0.25) is 0 Å². The van der Waals surface area contributed by atoms with Crippen LogP contribution in [0.2, 0.25) is 0 Å². The van der Waals surface area contributed by atoms with Gasteiger partial charge in [-0.25, -0.2) is 0 Å². The number of benzene rings is 1. The first-order valence-electron chi connectivity index (χ1n) is 4.59. The van der Waals surface area contributed by atoms with Crippen LogP contribution in [-0.2, 0) is 0 Å². The Balaban J connectivity index is 2.80. The quantitative estimate of drug-likeness (QED) is 0.581. The third kappa shape index (κ3) is 3.88. The molecular weight excluding hydrogens is 158 g/mol. The molecule has 1 rings (SSSR count). The fraction of sp³-hybridized carbons (Fsp3) is 0.417. The number of hydrogen-bond acceptors (Lipinski definition) is 1. The van der Waals surface area contributed by atoms with Crippen molar-refractivity contribution in [1.82, 2.24) is 0 Å². The molecular formula is C12H17N. The van der Waals surface area contributed by atoms with Crippen LogP contribution in [0.25, 0.3) is 0 Å². The van der Waals surface area contributed by atoms with Crippen LogP contribution >= 0.6 is 0 Å². The zero-order chi connectivity index (χ0) is 9.90.